The Balaban J connectivity index is 4.07. The number of nitrogens with one attached hydrogen (secondary N) is 1. The molecule has 0 heterocycles. The predicted octanol–water partition coefficient (Wildman–Crippen LogP) is 4.84. The summed E-state index contributed by atoms with van der Waals surface area (Å²) in [5.74, 6) is -0.177. The zero-order valence-electron chi connectivity index (χ0n) is 10.8. The molecule has 0 unspecified atom stereocenters. The summed E-state index contributed by atoms with van der Waals surface area (Å²) in [6, 6.07) is 0. The first-order chi connectivity index (χ1) is 7.60. The summed E-state index contributed by atoms with van der Waals surface area (Å²) in [4.78, 5) is 0. The molecule has 0 saturated carbocycles. The molecule has 0 aromatic rings. The lowest BCUT2D eigenvalue weighted by Crippen LogP contribution is -2.11. The molecule has 0 aromatic carbocycles. The minimum atomic E-state index is -0.177. The maximum Gasteiger partial charge on any atom is 0.0969 e. The normalized spacial score (nSPS) is 12.8. The lowest BCUT2D eigenvalue weighted by molar-refractivity contribution is 0.640. The molecule has 0 radical (unpaired) electrons. The standard InChI is InChI=1S/C14H24FN/c1-5-7-8-9-13(4)16-14(6-2)11-10-12(3)15/h10-11,16H,4-9H2,1-3H3/b12-10+,14-11+. The first kappa shape index (κ1) is 14.9. The number of unbranched alkanes of at least 4 members (excludes halogenated alkanes) is 2. The van der Waals surface area contributed by atoms with Crippen molar-refractivity contribution >= 4 is 0 Å². The lowest BCUT2D eigenvalue weighted by atomic mass is 10.1. The van der Waals surface area contributed by atoms with Gasteiger partial charge in [-0.3, -0.25) is 0 Å². The third-order valence-corrected chi connectivity index (χ3v) is 2.31. The Bertz CT molecular complexity index is 260. The van der Waals surface area contributed by atoms with Crippen molar-refractivity contribution in [2.24, 2.45) is 0 Å². The van der Waals surface area contributed by atoms with Gasteiger partial charge in [-0.15, -0.1) is 0 Å². The Morgan fingerprint density at radius 2 is 1.94 bits per heavy atom. The highest BCUT2D eigenvalue weighted by atomic mass is 19.1. The van der Waals surface area contributed by atoms with E-state index in [1.807, 2.05) is 6.92 Å². The third-order valence-electron chi connectivity index (χ3n) is 2.31. The molecular weight excluding hydrogens is 201 g/mol. The molecule has 16 heavy (non-hydrogen) atoms. The Labute approximate surface area is 99.1 Å². The van der Waals surface area contributed by atoms with Crippen LogP contribution in [0.15, 0.2) is 36.0 Å². The molecule has 0 aromatic heterocycles. The quantitative estimate of drug-likeness (QED) is 0.460. The smallest absolute Gasteiger partial charge is 0.0969 e. The van der Waals surface area contributed by atoms with E-state index in [1.165, 1.54) is 25.8 Å². The topological polar surface area (TPSA) is 12.0 Å². The second-order valence-electron chi connectivity index (χ2n) is 3.98. The first-order valence-corrected chi connectivity index (χ1v) is 6.07. The average Bonchev–Trinajstić information content (AvgIpc) is 2.24. The molecule has 1 nitrogen and oxygen atoms in total. The molecular formula is C14H24FN. The fourth-order valence-corrected chi connectivity index (χ4v) is 1.34. The molecule has 92 valence electrons. The van der Waals surface area contributed by atoms with Crippen molar-refractivity contribution in [2.75, 3.05) is 0 Å². The van der Waals surface area contributed by atoms with E-state index < -0.39 is 0 Å². The van der Waals surface area contributed by atoms with E-state index in [-0.39, 0.29) is 5.83 Å². The monoisotopic (exact) mass is 225 g/mol. The van der Waals surface area contributed by atoms with Crippen LogP contribution >= 0.6 is 0 Å². The Morgan fingerprint density at radius 3 is 2.44 bits per heavy atom. The maximum atomic E-state index is 12.6. The first-order valence-electron chi connectivity index (χ1n) is 6.07. The second kappa shape index (κ2) is 9.20. The Hall–Kier alpha value is -1.05. The van der Waals surface area contributed by atoms with Crippen molar-refractivity contribution < 1.29 is 4.39 Å². The molecule has 0 aliphatic heterocycles. The van der Waals surface area contributed by atoms with E-state index in [0.29, 0.717) is 0 Å². The SMILES string of the molecule is C=C(CCCCC)N/C(=C/C=C(\C)F)CC. The highest BCUT2D eigenvalue weighted by molar-refractivity contribution is 5.16. The van der Waals surface area contributed by atoms with Gasteiger partial charge in [-0.05, 0) is 38.3 Å². The van der Waals surface area contributed by atoms with Crippen LogP contribution in [0.5, 0.6) is 0 Å². The van der Waals surface area contributed by atoms with Crippen molar-refractivity contribution in [3.8, 4) is 0 Å². The van der Waals surface area contributed by atoms with Crippen LogP contribution in [0.2, 0.25) is 0 Å². The van der Waals surface area contributed by atoms with Crippen molar-refractivity contribution in [1.82, 2.24) is 5.32 Å². The van der Waals surface area contributed by atoms with Crippen LogP contribution in [-0.4, -0.2) is 0 Å². The van der Waals surface area contributed by atoms with E-state index in [1.54, 1.807) is 6.08 Å². The van der Waals surface area contributed by atoms with Gasteiger partial charge in [-0.25, -0.2) is 4.39 Å². The van der Waals surface area contributed by atoms with Gasteiger partial charge in [0.2, 0.25) is 0 Å². The van der Waals surface area contributed by atoms with Crippen molar-refractivity contribution in [2.45, 2.75) is 52.9 Å². The van der Waals surface area contributed by atoms with E-state index in [9.17, 15) is 4.39 Å². The number of halogens is 1. The molecule has 0 aliphatic carbocycles. The molecule has 0 fully saturated rings. The lowest BCUT2D eigenvalue weighted by Gasteiger charge is -2.11. The van der Waals surface area contributed by atoms with Gasteiger partial charge in [0.1, 0.15) is 0 Å². The Kier molecular flexibility index (Phi) is 8.59. The minimum Gasteiger partial charge on any atom is -0.363 e. The van der Waals surface area contributed by atoms with Gasteiger partial charge >= 0.3 is 0 Å². The van der Waals surface area contributed by atoms with Gasteiger partial charge in [0.25, 0.3) is 0 Å². The fourth-order valence-electron chi connectivity index (χ4n) is 1.34. The minimum absolute atomic E-state index is 0.177. The molecule has 2 heteroatoms. The highest BCUT2D eigenvalue weighted by Crippen LogP contribution is 2.08. The summed E-state index contributed by atoms with van der Waals surface area (Å²) in [7, 11) is 0. The van der Waals surface area contributed by atoms with Crippen LogP contribution in [0.1, 0.15) is 52.9 Å². The zero-order valence-corrected chi connectivity index (χ0v) is 10.8. The second-order valence-corrected chi connectivity index (χ2v) is 3.98. The largest absolute Gasteiger partial charge is 0.363 e. The summed E-state index contributed by atoms with van der Waals surface area (Å²) in [6.07, 6.45) is 8.71. The van der Waals surface area contributed by atoms with Crippen LogP contribution in [0.25, 0.3) is 0 Å². The van der Waals surface area contributed by atoms with Gasteiger partial charge in [-0.2, -0.15) is 0 Å². The van der Waals surface area contributed by atoms with E-state index in [0.717, 1.165) is 30.7 Å². The van der Waals surface area contributed by atoms with Crippen LogP contribution in [-0.2, 0) is 0 Å². The maximum absolute atomic E-state index is 12.6. The number of allylic oxidation sites excluding steroid dienone is 5. The molecule has 0 bridgehead atoms. The van der Waals surface area contributed by atoms with Crippen LogP contribution in [0, 0.1) is 0 Å². The van der Waals surface area contributed by atoms with E-state index in [4.69, 9.17) is 0 Å². The number of hydrogen-bond donors (Lipinski definition) is 1. The van der Waals surface area contributed by atoms with Crippen LogP contribution in [0.4, 0.5) is 4.39 Å². The van der Waals surface area contributed by atoms with Gasteiger partial charge in [-0.1, -0.05) is 33.3 Å². The molecule has 0 amide bonds. The molecule has 0 saturated heterocycles. The molecule has 0 atom stereocenters. The van der Waals surface area contributed by atoms with Gasteiger partial charge in [0.15, 0.2) is 0 Å². The summed E-state index contributed by atoms with van der Waals surface area (Å²) in [5.41, 5.74) is 2.03. The third kappa shape index (κ3) is 8.27. The van der Waals surface area contributed by atoms with Gasteiger partial charge in [0.05, 0.1) is 5.83 Å². The van der Waals surface area contributed by atoms with Crippen molar-refractivity contribution in [3.05, 3.63) is 36.0 Å². The molecule has 0 rings (SSSR count). The average molecular weight is 225 g/mol. The molecule has 0 spiro atoms. The highest BCUT2D eigenvalue weighted by Gasteiger charge is 1.96. The zero-order chi connectivity index (χ0) is 12.4. The number of hydrogen-bond acceptors (Lipinski definition) is 1. The molecule has 1 N–H and O–H groups in total. The Morgan fingerprint density at radius 1 is 1.25 bits per heavy atom. The van der Waals surface area contributed by atoms with Gasteiger partial charge in [0, 0.05) is 11.4 Å². The summed E-state index contributed by atoms with van der Waals surface area (Å²) < 4.78 is 12.6. The predicted molar refractivity (Wildman–Crippen MR) is 69.7 cm³/mol. The fraction of sp³-hybridized carbons (Fsp3) is 0.571. The van der Waals surface area contributed by atoms with Gasteiger partial charge < -0.3 is 5.32 Å². The molecule has 0 aliphatic rings. The summed E-state index contributed by atoms with van der Waals surface area (Å²) >= 11 is 0. The van der Waals surface area contributed by atoms with Crippen molar-refractivity contribution in [3.63, 3.8) is 0 Å². The van der Waals surface area contributed by atoms with E-state index >= 15 is 0 Å². The summed E-state index contributed by atoms with van der Waals surface area (Å²) in [6.45, 7) is 9.64. The van der Waals surface area contributed by atoms with Crippen molar-refractivity contribution in [1.29, 1.82) is 0 Å². The van der Waals surface area contributed by atoms with E-state index in [2.05, 4.69) is 18.8 Å². The number of rotatable bonds is 8. The van der Waals surface area contributed by atoms with Crippen LogP contribution < -0.4 is 5.32 Å². The summed E-state index contributed by atoms with van der Waals surface area (Å²) in [5, 5.41) is 3.24. The van der Waals surface area contributed by atoms with Crippen LogP contribution in [0.3, 0.4) is 0 Å².